The molecule has 0 saturated carbocycles. The van der Waals surface area contributed by atoms with Crippen LogP contribution in [0.2, 0.25) is 0 Å². The van der Waals surface area contributed by atoms with Crippen molar-refractivity contribution < 1.29 is 8.42 Å². The van der Waals surface area contributed by atoms with Gasteiger partial charge in [-0.15, -0.1) is 0 Å². The van der Waals surface area contributed by atoms with Gasteiger partial charge < -0.3 is 4.57 Å². The van der Waals surface area contributed by atoms with Crippen molar-refractivity contribution in [3.05, 3.63) is 30.5 Å². The first-order chi connectivity index (χ1) is 8.43. The lowest BCUT2D eigenvalue weighted by Crippen LogP contribution is -2.12. The number of hydrogen-bond donors (Lipinski definition) is 1. The minimum atomic E-state index is -3.67. The van der Waals surface area contributed by atoms with E-state index in [2.05, 4.69) is 13.8 Å². The average Bonchev–Trinajstić information content (AvgIpc) is 2.68. The predicted molar refractivity (Wildman–Crippen MR) is 72.8 cm³/mol. The van der Waals surface area contributed by atoms with Crippen molar-refractivity contribution in [2.75, 3.05) is 0 Å². The van der Waals surface area contributed by atoms with Crippen molar-refractivity contribution in [2.24, 2.45) is 11.1 Å². The molecular formula is C13H18N2O2S. The Kier molecular flexibility index (Phi) is 3.45. The molecule has 0 saturated heterocycles. The lowest BCUT2D eigenvalue weighted by molar-refractivity contribution is 0.476. The van der Waals surface area contributed by atoms with Crippen LogP contribution in [-0.2, 0) is 16.6 Å². The van der Waals surface area contributed by atoms with Gasteiger partial charge in [-0.1, -0.05) is 38.5 Å². The van der Waals surface area contributed by atoms with E-state index in [0.29, 0.717) is 11.3 Å². The quantitative estimate of drug-likeness (QED) is 0.923. The molecule has 1 aromatic carbocycles. The number of primary sulfonamides is 1. The van der Waals surface area contributed by atoms with Crippen molar-refractivity contribution in [1.29, 1.82) is 0 Å². The summed E-state index contributed by atoms with van der Waals surface area (Å²) in [6, 6.07) is 7.45. The molecule has 0 radical (unpaired) electrons. The molecule has 0 spiro atoms. The molecule has 98 valence electrons. The topological polar surface area (TPSA) is 65.1 Å². The van der Waals surface area contributed by atoms with Gasteiger partial charge in [0.2, 0.25) is 10.0 Å². The molecule has 1 atom stereocenters. The molecule has 5 heteroatoms. The van der Waals surface area contributed by atoms with E-state index in [4.69, 9.17) is 5.14 Å². The summed E-state index contributed by atoms with van der Waals surface area (Å²) in [6.45, 7) is 5.06. The van der Waals surface area contributed by atoms with Gasteiger partial charge in [0.1, 0.15) is 4.90 Å². The Labute approximate surface area is 107 Å². The van der Waals surface area contributed by atoms with Crippen LogP contribution in [0.3, 0.4) is 0 Å². The minimum Gasteiger partial charge on any atom is -0.346 e. The van der Waals surface area contributed by atoms with Crippen LogP contribution in [0.25, 0.3) is 10.9 Å². The summed E-state index contributed by atoms with van der Waals surface area (Å²) in [5, 5.41) is 5.96. The number of sulfonamides is 1. The molecule has 4 nitrogen and oxygen atoms in total. The van der Waals surface area contributed by atoms with Gasteiger partial charge in [0, 0.05) is 23.6 Å². The fourth-order valence-electron chi connectivity index (χ4n) is 2.06. The summed E-state index contributed by atoms with van der Waals surface area (Å²) in [4.78, 5) is 0.210. The fraction of sp³-hybridized carbons (Fsp3) is 0.385. The SMILES string of the molecule is CCC(C)Cn1cc(S(N)(=O)=O)c2ccccc21. The van der Waals surface area contributed by atoms with E-state index in [9.17, 15) is 8.42 Å². The molecule has 0 bridgehead atoms. The highest BCUT2D eigenvalue weighted by molar-refractivity contribution is 7.89. The van der Waals surface area contributed by atoms with Gasteiger partial charge in [0.15, 0.2) is 0 Å². The fourth-order valence-corrected chi connectivity index (χ4v) is 2.81. The molecule has 0 aliphatic rings. The van der Waals surface area contributed by atoms with Gasteiger partial charge in [-0.05, 0) is 12.0 Å². The molecule has 0 aliphatic heterocycles. The van der Waals surface area contributed by atoms with Crippen LogP contribution in [-0.4, -0.2) is 13.0 Å². The second-order valence-corrected chi connectivity index (χ2v) is 6.25. The van der Waals surface area contributed by atoms with Gasteiger partial charge in [0.25, 0.3) is 0 Å². The normalized spacial score (nSPS) is 13.9. The first-order valence-electron chi connectivity index (χ1n) is 6.04. The number of aromatic nitrogens is 1. The first kappa shape index (κ1) is 13.1. The van der Waals surface area contributed by atoms with Crippen LogP contribution in [0, 0.1) is 5.92 Å². The third-order valence-corrected chi connectivity index (χ3v) is 4.20. The van der Waals surface area contributed by atoms with E-state index in [0.717, 1.165) is 18.5 Å². The molecule has 18 heavy (non-hydrogen) atoms. The van der Waals surface area contributed by atoms with E-state index >= 15 is 0 Å². The van der Waals surface area contributed by atoms with E-state index in [1.54, 1.807) is 12.3 Å². The van der Waals surface area contributed by atoms with Crippen molar-refractivity contribution in [3.63, 3.8) is 0 Å². The van der Waals surface area contributed by atoms with Crippen LogP contribution < -0.4 is 5.14 Å². The minimum absolute atomic E-state index is 0.210. The number of fused-ring (bicyclic) bond motifs is 1. The highest BCUT2D eigenvalue weighted by atomic mass is 32.2. The van der Waals surface area contributed by atoms with Crippen LogP contribution in [0.15, 0.2) is 35.4 Å². The number of nitrogens with two attached hydrogens (primary N) is 1. The zero-order chi connectivity index (χ0) is 13.3. The Hall–Kier alpha value is -1.33. The van der Waals surface area contributed by atoms with Crippen LogP contribution in [0.1, 0.15) is 20.3 Å². The monoisotopic (exact) mass is 266 g/mol. The number of rotatable bonds is 4. The molecule has 1 unspecified atom stereocenters. The molecule has 2 N–H and O–H groups in total. The number of nitrogens with zero attached hydrogens (tertiary/aromatic N) is 1. The Morgan fingerprint density at radius 1 is 1.33 bits per heavy atom. The van der Waals surface area contributed by atoms with Crippen molar-refractivity contribution in [3.8, 4) is 0 Å². The van der Waals surface area contributed by atoms with Crippen LogP contribution in [0.4, 0.5) is 0 Å². The highest BCUT2D eigenvalue weighted by Crippen LogP contribution is 2.25. The van der Waals surface area contributed by atoms with E-state index < -0.39 is 10.0 Å². The van der Waals surface area contributed by atoms with Gasteiger partial charge >= 0.3 is 0 Å². The molecular weight excluding hydrogens is 248 g/mol. The molecule has 2 rings (SSSR count). The largest absolute Gasteiger partial charge is 0.346 e. The van der Waals surface area contributed by atoms with Gasteiger partial charge in [0.05, 0.1) is 0 Å². The third-order valence-electron chi connectivity index (χ3n) is 3.26. The standard InChI is InChI=1S/C13H18N2O2S/c1-3-10(2)8-15-9-13(18(14,16)17)11-6-4-5-7-12(11)15/h4-7,9-10H,3,8H2,1-2H3,(H2,14,16,17). The zero-order valence-corrected chi connectivity index (χ0v) is 11.4. The van der Waals surface area contributed by atoms with Crippen LogP contribution >= 0.6 is 0 Å². The predicted octanol–water partition coefficient (Wildman–Crippen LogP) is 2.33. The molecule has 2 aromatic rings. The number of para-hydroxylation sites is 1. The molecule has 1 aromatic heterocycles. The summed E-state index contributed by atoms with van der Waals surface area (Å²) in [7, 11) is -3.67. The maximum Gasteiger partial charge on any atom is 0.240 e. The second kappa shape index (κ2) is 4.74. The summed E-state index contributed by atoms with van der Waals surface area (Å²) >= 11 is 0. The second-order valence-electron chi connectivity index (χ2n) is 4.72. The third kappa shape index (κ3) is 2.42. The van der Waals surface area contributed by atoms with Crippen LogP contribution in [0.5, 0.6) is 0 Å². The van der Waals surface area contributed by atoms with Gasteiger partial charge in [-0.3, -0.25) is 0 Å². The van der Waals surface area contributed by atoms with Gasteiger partial charge in [-0.25, -0.2) is 13.6 Å². The lowest BCUT2D eigenvalue weighted by Gasteiger charge is -2.10. The Balaban J connectivity index is 2.62. The summed E-state index contributed by atoms with van der Waals surface area (Å²) in [6.07, 6.45) is 2.70. The highest BCUT2D eigenvalue weighted by Gasteiger charge is 2.17. The maximum atomic E-state index is 11.6. The Morgan fingerprint density at radius 3 is 2.61 bits per heavy atom. The lowest BCUT2D eigenvalue weighted by atomic mass is 10.1. The zero-order valence-electron chi connectivity index (χ0n) is 10.6. The van der Waals surface area contributed by atoms with E-state index in [-0.39, 0.29) is 4.90 Å². The maximum absolute atomic E-state index is 11.6. The Bertz CT molecular complexity index is 659. The molecule has 0 aliphatic carbocycles. The average molecular weight is 266 g/mol. The summed E-state index contributed by atoms with van der Waals surface area (Å²) in [5.74, 6) is 0.495. The molecule has 0 amide bonds. The van der Waals surface area contributed by atoms with E-state index in [1.165, 1.54) is 0 Å². The number of hydrogen-bond acceptors (Lipinski definition) is 2. The van der Waals surface area contributed by atoms with Crippen molar-refractivity contribution in [1.82, 2.24) is 4.57 Å². The number of benzene rings is 1. The van der Waals surface area contributed by atoms with Crippen molar-refractivity contribution >= 4 is 20.9 Å². The molecule has 1 heterocycles. The first-order valence-corrected chi connectivity index (χ1v) is 7.58. The Morgan fingerprint density at radius 2 is 2.00 bits per heavy atom. The summed E-state index contributed by atoms with van der Waals surface area (Å²) < 4.78 is 25.1. The van der Waals surface area contributed by atoms with Gasteiger partial charge in [-0.2, -0.15) is 0 Å². The molecule has 0 fully saturated rings. The van der Waals surface area contributed by atoms with Crippen molar-refractivity contribution in [2.45, 2.75) is 31.7 Å². The van der Waals surface area contributed by atoms with E-state index in [1.807, 2.05) is 22.8 Å². The smallest absolute Gasteiger partial charge is 0.240 e. The summed E-state index contributed by atoms with van der Waals surface area (Å²) in [5.41, 5.74) is 0.918.